The molecule has 1 N–H and O–H groups in total. The molecule has 3 aromatic carbocycles. The highest BCUT2D eigenvalue weighted by Crippen LogP contribution is 2.37. The summed E-state index contributed by atoms with van der Waals surface area (Å²) in [6.45, 7) is 2.43. The summed E-state index contributed by atoms with van der Waals surface area (Å²) < 4.78 is 22.1. The Morgan fingerprint density at radius 2 is 1.61 bits per heavy atom. The second kappa shape index (κ2) is 11.7. The van der Waals surface area contributed by atoms with Gasteiger partial charge in [-0.25, -0.2) is 9.69 Å². The first-order valence-electron chi connectivity index (χ1n) is 11.6. The van der Waals surface area contributed by atoms with Gasteiger partial charge < -0.3 is 18.9 Å². The predicted octanol–water partition coefficient (Wildman–Crippen LogP) is 4.79. The van der Waals surface area contributed by atoms with Gasteiger partial charge in [-0.05, 0) is 66.6 Å². The normalized spacial score (nSPS) is 14.4. The van der Waals surface area contributed by atoms with Gasteiger partial charge in [0.25, 0.3) is 11.8 Å². The molecule has 4 rings (SSSR count). The first-order valence-corrected chi connectivity index (χ1v) is 11.9. The molecule has 10 heteroatoms. The summed E-state index contributed by atoms with van der Waals surface area (Å²) >= 11 is 6.46. The van der Waals surface area contributed by atoms with E-state index in [-0.39, 0.29) is 29.5 Å². The highest BCUT2D eigenvalue weighted by molar-refractivity contribution is 6.39. The van der Waals surface area contributed by atoms with E-state index in [0.717, 1.165) is 16.2 Å². The SMILES string of the molecule is COc1ccc(N2C(=O)NC(=O)C(=Cc3cc(Cl)c(OCCOc4ccccc4C)c(OC)c3)C2=O)cc1. The van der Waals surface area contributed by atoms with E-state index in [0.29, 0.717) is 22.8 Å². The smallest absolute Gasteiger partial charge is 0.335 e. The van der Waals surface area contributed by atoms with Crippen LogP contribution in [0.25, 0.3) is 6.08 Å². The van der Waals surface area contributed by atoms with Crippen molar-refractivity contribution in [3.8, 4) is 23.0 Å². The summed E-state index contributed by atoms with van der Waals surface area (Å²) in [6, 6.07) is 16.2. The van der Waals surface area contributed by atoms with Crippen LogP contribution in [0.4, 0.5) is 10.5 Å². The number of benzene rings is 3. The Morgan fingerprint density at radius 1 is 0.895 bits per heavy atom. The van der Waals surface area contributed by atoms with Crippen LogP contribution in [0.2, 0.25) is 5.02 Å². The molecule has 4 amide bonds. The number of nitrogens with zero attached hydrogens (tertiary/aromatic N) is 1. The van der Waals surface area contributed by atoms with Crippen LogP contribution in [0.1, 0.15) is 11.1 Å². The molecule has 0 unspecified atom stereocenters. The second-order valence-electron chi connectivity index (χ2n) is 8.15. The van der Waals surface area contributed by atoms with E-state index in [1.807, 2.05) is 31.2 Å². The van der Waals surface area contributed by atoms with Crippen molar-refractivity contribution in [3.05, 3.63) is 82.4 Å². The first-order chi connectivity index (χ1) is 18.3. The van der Waals surface area contributed by atoms with Crippen LogP contribution < -0.4 is 29.2 Å². The van der Waals surface area contributed by atoms with Crippen molar-refractivity contribution in [1.29, 1.82) is 0 Å². The number of ether oxygens (including phenoxy) is 4. The lowest BCUT2D eigenvalue weighted by molar-refractivity contribution is -0.122. The maximum Gasteiger partial charge on any atom is 0.335 e. The average molecular weight is 537 g/mol. The summed E-state index contributed by atoms with van der Waals surface area (Å²) in [5.74, 6) is 0.289. The number of rotatable bonds is 9. The molecule has 0 aromatic heterocycles. The number of para-hydroxylation sites is 1. The average Bonchev–Trinajstić information content (AvgIpc) is 2.91. The molecule has 0 bridgehead atoms. The molecule has 1 fully saturated rings. The molecule has 196 valence electrons. The minimum Gasteiger partial charge on any atom is -0.497 e. The Balaban J connectivity index is 1.53. The number of hydrogen-bond acceptors (Lipinski definition) is 7. The standard InChI is InChI=1S/C28H25ClN2O7/c1-17-6-4-5-7-23(17)37-12-13-38-25-22(29)15-18(16-24(25)36-3)14-21-26(32)30-28(34)31(27(21)33)19-8-10-20(35-2)11-9-19/h4-11,14-16H,12-13H2,1-3H3,(H,30,32,34). The van der Waals surface area contributed by atoms with Crippen molar-refractivity contribution >= 4 is 41.2 Å². The maximum absolute atomic E-state index is 13.2. The van der Waals surface area contributed by atoms with Crippen LogP contribution in [0.3, 0.4) is 0 Å². The summed E-state index contributed by atoms with van der Waals surface area (Å²) in [4.78, 5) is 39.0. The van der Waals surface area contributed by atoms with Gasteiger partial charge in [0.2, 0.25) is 0 Å². The lowest BCUT2D eigenvalue weighted by Crippen LogP contribution is -2.54. The monoisotopic (exact) mass is 536 g/mol. The summed E-state index contributed by atoms with van der Waals surface area (Å²) in [6.07, 6.45) is 1.33. The Labute approximate surface area is 224 Å². The van der Waals surface area contributed by atoms with Gasteiger partial charge in [-0.2, -0.15) is 0 Å². The number of barbiturate groups is 1. The first kappa shape index (κ1) is 26.6. The second-order valence-corrected chi connectivity index (χ2v) is 8.56. The topological polar surface area (TPSA) is 103 Å². The minimum absolute atomic E-state index is 0.199. The zero-order chi connectivity index (χ0) is 27.2. The number of urea groups is 1. The van der Waals surface area contributed by atoms with Gasteiger partial charge in [0.15, 0.2) is 11.5 Å². The van der Waals surface area contributed by atoms with Crippen LogP contribution >= 0.6 is 11.6 Å². The number of carbonyl (C=O) groups is 3. The van der Waals surface area contributed by atoms with Crippen LogP contribution in [-0.4, -0.2) is 45.3 Å². The largest absolute Gasteiger partial charge is 0.497 e. The van der Waals surface area contributed by atoms with Crippen molar-refractivity contribution in [2.45, 2.75) is 6.92 Å². The zero-order valence-corrected chi connectivity index (χ0v) is 21.7. The lowest BCUT2D eigenvalue weighted by Gasteiger charge is -2.26. The fourth-order valence-electron chi connectivity index (χ4n) is 3.77. The Morgan fingerprint density at radius 3 is 2.29 bits per heavy atom. The zero-order valence-electron chi connectivity index (χ0n) is 20.9. The van der Waals surface area contributed by atoms with Gasteiger partial charge in [-0.3, -0.25) is 14.9 Å². The molecule has 0 aliphatic carbocycles. The third-order valence-corrected chi connectivity index (χ3v) is 5.96. The van der Waals surface area contributed by atoms with Crippen molar-refractivity contribution in [2.24, 2.45) is 0 Å². The van der Waals surface area contributed by atoms with E-state index >= 15 is 0 Å². The van der Waals surface area contributed by atoms with Crippen molar-refractivity contribution in [1.82, 2.24) is 5.32 Å². The number of nitrogens with one attached hydrogen (secondary N) is 1. The number of hydrogen-bond donors (Lipinski definition) is 1. The molecule has 0 saturated carbocycles. The van der Waals surface area contributed by atoms with Gasteiger partial charge >= 0.3 is 6.03 Å². The summed E-state index contributed by atoms with van der Waals surface area (Å²) in [5, 5.41) is 2.40. The molecule has 1 heterocycles. The third kappa shape index (κ3) is 5.73. The Bertz CT molecular complexity index is 1400. The Hall–Kier alpha value is -4.50. The van der Waals surface area contributed by atoms with E-state index in [1.54, 1.807) is 30.3 Å². The molecular weight excluding hydrogens is 512 g/mol. The molecule has 0 radical (unpaired) electrons. The number of methoxy groups -OCH3 is 2. The van der Waals surface area contributed by atoms with Gasteiger partial charge in [-0.1, -0.05) is 29.8 Å². The Kier molecular flexibility index (Phi) is 8.18. The van der Waals surface area contributed by atoms with Crippen molar-refractivity contribution in [2.75, 3.05) is 32.3 Å². The van der Waals surface area contributed by atoms with E-state index in [9.17, 15) is 14.4 Å². The number of imide groups is 2. The number of aryl methyl sites for hydroxylation is 1. The molecule has 9 nitrogen and oxygen atoms in total. The van der Waals surface area contributed by atoms with Gasteiger partial charge in [0, 0.05) is 0 Å². The lowest BCUT2D eigenvalue weighted by atomic mass is 10.1. The maximum atomic E-state index is 13.2. The quantitative estimate of drug-likeness (QED) is 0.238. The molecule has 3 aromatic rings. The number of amides is 4. The van der Waals surface area contributed by atoms with E-state index in [1.165, 1.54) is 26.4 Å². The minimum atomic E-state index is -0.852. The molecule has 1 saturated heterocycles. The molecule has 1 aliphatic rings. The van der Waals surface area contributed by atoms with Crippen LogP contribution in [0, 0.1) is 6.92 Å². The number of halogens is 1. The van der Waals surface area contributed by atoms with Crippen LogP contribution in [0.5, 0.6) is 23.0 Å². The van der Waals surface area contributed by atoms with Crippen molar-refractivity contribution in [3.63, 3.8) is 0 Å². The fraction of sp³-hybridized carbons (Fsp3) is 0.179. The van der Waals surface area contributed by atoms with Gasteiger partial charge in [-0.15, -0.1) is 0 Å². The van der Waals surface area contributed by atoms with Crippen molar-refractivity contribution < 1.29 is 33.3 Å². The van der Waals surface area contributed by atoms with E-state index in [4.69, 9.17) is 30.5 Å². The van der Waals surface area contributed by atoms with Crippen LogP contribution in [-0.2, 0) is 9.59 Å². The summed E-state index contributed by atoms with van der Waals surface area (Å²) in [5.41, 5.74) is 1.43. The molecule has 0 spiro atoms. The number of carbonyl (C=O) groups excluding carboxylic acids is 3. The van der Waals surface area contributed by atoms with Crippen LogP contribution in [0.15, 0.2) is 66.2 Å². The number of anilines is 1. The van der Waals surface area contributed by atoms with Gasteiger partial charge in [0.05, 0.1) is 24.9 Å². The third-order valence-electron chi connectivity index (χ3n) is 5.68. The summed E-state index contributed by atoms with van der Waals surface area (Å²) in [7, 11) is 2.95. The highest BCUT2D eigenvalue weighted by Gasteiger charge is 2.37. The predicted molar refractivity (Wildman–Crippen MR) is 142 cm³/mol. The van der Waals surface area contributed by atoms with E-state index in [2.05, 4.69) is 5.32 Å². The molecule has 38 heavy (non-hydrogen) atoms. The van der Waals surface area contributed by atoms with E-state index < -0.39 is 17.8 Å². The molecular formula is C28H25ClN2O7. The molecule has 0 atom stereocenters. The highest BCUT2D eigenvalue weighted by atomic mass is 35.5. The fourth-order valence-corrected chi connectivity index (χ4v) is 4.04. The van der Waals surface area contributed by atoms with Gasteiger partial charge in [0.1, 0.15) is 30.3 Å². The molecule has 1 aliphatic heterocycles.